The van der Waals surface area contributed by atoms with E-state index in [2.05, 4.69) is 20.6 Å². The van der Waals surface area contributed by atoms with E-state index in [0.29, 0.717) is 13.1 Å². The molecule has 0 aliphatic rings. The maximum Gasteiger partial charge on any atom is 0.125 e. The Kier molecular flexibility index (Phi) is 3.97. The van der Waals surface area contributed by atoms with Crippen LogP contribution in [0.25, 0.3) is 11.3 Å². The molecule has 0 atom stereocenters. The second kappa shape index (κ2) is 6.23. The first-order chi connectivity index (χ1) is 10.4. The van der Waals surface area contributed by atoms with Crippen LogP contribution in [0, 0.1) is 0 Å². The minimum Gasteiger partial charge on any atom is -0.394 e. The van der Waals surface area contributed by atoms with E-state index >= 15 is 0 Å². The molecule has 0 spiro atoms. The van der Waals surface area contributed by atoms with Gasteiger partial charge in [-0.1, -0.05) is 30.3 Å². The van der Waals surface area contributed by atoms with E-state index in [9.17, 15) is 5.11 Å². The van der Waals surface area contributed by atoms with Gasteiger partial charge in [0.05, 0.1) is 31.1 Å². The lowest BCUT2D eigenvalue weighted by atomic mass is 10.2. The summed E-state index contributed by atoms with van der Waals surface area (Å²) in [5.74, 6) is 0.873. The Labute approximate surface area is 122 Å². The van der Waals surface area contributed by atoms with Gasteiger partial charge in [-0.15, -0.1) is 0 Å². The lowest BCUT2D eigenvalue weighted by molar-refractivity contribution is 0.270. The third-order valence-electron chi connectivity index (χ3n) is 3.18. The number of H-pyrrole nitrogens is 1. The Morgan fingerprint density at radius 2 is 2.05 bits per heavy atom. The summed E-state index contributed by atoms with van der Waals surface area (Å²) in [5.41, 5.74) is 2.93. The number of nitrogens with zero attached hydrogens (tertiary/aromatic N) is 3. The quantitative estimate of drug-likeness (QED) is 0.645. The van der Waals surface area contributed by atoms with E-state index in [1.54, 1.807) is 10.9 Å². The molecule has 21 heavy (non-hydrogen) atoms. The zero-order valence-electron chi connectivity index (χ0n) is 11.5. The molecule has 108 valence electrons. The SMILES string of the molecule is OCCn1nc(-c2ccccc2)cc1NCc1ccn[nH]1. The Hall–Kier alpha value is -2.60. The van der Waals surface area contributed by atoms with Crippen LogP contribution in [0.5, 0.6) is 0 Å². The van der Waals surface area contributed by atoms with Crippen molar-refractivity contribution >= 4 is 5.82 Å². The molecular weight excluding hydrogens is 266 g/mol. The number of hydrogen-bond acceptors (Lipinski definition) is 4. The minimum atomic E-state index is 0.0502. The van der Waals surface area contributed by atoms with Crippen molar-refractivity contribution in [2.24, 2.45) is 0 Å². The second-order valence-corrected chi connectivity index (χ2v) is 4.66. The summed E-state index contributed by atoms with van der Waals surface area (Å²) in [7, 11) is 0. The average molecular weight is 283 g/mol. The third kappa shape index (κ3) is 3.11. The van der Waals surface area contributed by atoms with Gasteiger partial charge in [0.15, 0.2) is 0 Å². The molecule has 3 N–H and O–H groups in total. The highest BCUT2D eigenvalue weighted by Crippen LogP contribution is 2.22. The minimum absolute atomic E-state index is 0.0502. The molecule has 3 rings (SSSR count). The van der Waals surface area contributed by atoms with Gasteiger partial charge in [-0.3, -0.25) is 5.10 Å². The van der Waals surface area contributed by atoms with E-state index in [4.69, 9.17) is 0 Å². The fourth-order valence-electron chi connectivity index (χ4n) is 2.14. The highest BCUT2D eigenvalue weighted by Gasteiger charge is 2.09. The first kappa shape index (κ1) is 13.4. The highest BCUT2D eigenvalue weighted by molar-refractivity contribution is 5.62. The lowest BCUT2D eigenvalue weighted by Gasteiger charge is -2.07. The Morgan fingerprint density at radius 1 is 1.19 bits per heavy atom. The molecule has 1 aromatic carbocycles. The van der Waals surface area contributed by atoms with Crippen LogP contribution in [-0.4, -0.2) is 31.7 Å². The van der Waals surface area contributed by atoms with Crippen LogP contribution in [0.1, 0.15) is 5.69 Å². The summed E-state index contributed by atoms with van der Waals surface area (Å²) in [5, 5.41) is 23.8. The van der Waals surface area contributed by atoms with Crippen molar-refractivity contribution in [3.8, 4) is 11.3 Å². The average Bonchev–Trinajstić information content (AvgIpc) is 3.16. The van der Waals surface area contributed by atoms with Crippen LogP contribution in [0.2, 0.25) is 0 Å². The van der Waals surface area contributed by atoms with Crippen molar-refractivity contribution in [3.63, 3.8) is 0 Å². The molecule has 2 heterocycles. The number of aromatic nitrogens is 4. The van der Waals surface area contributed by atoms with E-state index in [1.807, 2.05) is 42.5 Å². The molecule has 0 aliphatic carbocycles. The summed E-state index contributed by atoms with van der Waals surface area (Å²) < 4.78 is 1.78. The van der Waals surface area contributed by atoms with E-state index in [0.717, 1.165) is 22.8 Å². The Morgan fingerprint density at radius 3 is 2.76 bits per heavy atom. The zero-order chi connectivity index (χ0) is 14.5. The van der Waals surface area contributed by atoms with Gasteiger partial charge in [-0.25, -0.2) is 4.68 Å². The van der Waals surface area contributed by atoms with E-state index in [1.165, 1.54) is 0 Å². The summed E-state index contributed by atoms with van der Waals surface area (Å²) in [6, 6.07) is 13.9. The van der Waals surface area contributed by atoms with Gasteiger partial charge in [0.25, 0.3) is 0 Å². The molecule has 2 aromatic heterocycles. The zero-order valence-corrected chi connectivity index (χ0v) is 11.5. The van der Waals surface area contributed by atoms with Crippen LogP contribution in [0.3, 0.4) is 0 Å². The highest BCUT2D eigenvalue weighted by atomic mass is 16.3. The van der Waals surface area contributed by atoms with Gasteiger partial charge in [0.2, 0.25) is 0 Å². The molecule has 3 aromatic rings. The molecule has 0 saturated heterocycles. The molecule has 0 aliphatic heterocycles. The molecule has 0 saturated carbocycles. The summed E-state index contributed by atoms with van der Waals surface area (Å²) in [4.78, 5) is 0. The number of hydrogen-bond donors (Lipinski definition) is 3. The topological polar surface area (TPSA) is 78.8 Å². The Bertz CT molecular complexity index is 675. The monoisotopic (exact) mass is 283 g/mol. The normalized spacial score (nSPS) is 10.7. The van der Waals surface area contributed by atoms with Crippen LogP contribution in [-0.2, 0) is 13.1 Å². The van der Waals surface area contributed by atoms with Crippen molar-refractivity contribution in [2.45, 2.75) is 13.1 Å². The summed E-state index contributed by atoms with van der Waals surface area (Å²) >= 11 is 0. The van der Waals surface area contributed by atoms with Crippen molar-refractivity contribution in [1.82, 2.24) is 20.0 Å². The number of nitrogens with one attached hydrogen (secondary N) is 2. The van der Waals surface area contributed by atoms with Crippen molar-refractivity contribution in [2.75, 3.05) is 11.9 Å². The molecule has 0 bridgehead atoms. The number of anilines is 1. The molecule has 6 heteroatoms. The predicted octanol–water partition coefficient (Wildman–Crippen LogP) is 1.88. The molecular formula is C15H17N5O. The lowest BCUT2D eigenvalue weighted by Crippen LogP contribution is -2.10. The van der Waals surface area contributed by atoms with Crippen molar-refractivity contribution in [1.29, 1.82) is 0 Å². The number of rotatable bonds is 6. The van der Waals surface area contributed by atoms with Gasteiger partial charge >= 0.3 is 0 Å². The van der Waals surface area contributed by atoms with Crippen LogP contribution >= 0.6 is 0 Å². The molecule has 0 radical (unpaired) electrons. The number of benzene rings is 1. The van der Waals surface area contributed by atoms with Gasteiger partial charge < -0.3 is 10.4 Å². The van der Waals surface area contributed by atoms with Crippen LogP contribution in [0.4, 0.5) is 5.82 Å². The van der Waals surface area contributed by atoms with Crippen molar-refractivity contribution < 1.29 is 5.11 Å². The molecule has 6 nitrogen and oxygen atoms in total. The van der Waals surface area contributed by atoms with Gasteiger partial charge in [0.1, 0.15) is 5.82 Å². The van der Waals surface area contributed by atoms with Crippen LogP contribution in [0.15, 0.2) is 48.7 Å². The third-order valence-corrected chi connectivity index (χ3v) is 3.18. The first-order valence-electron chi connectivity index (χ1n) is 6.83. The predicted molar refractivity (Wildman–Crippen MR) is 80.7 cm³/mol. The number of aliphatic hydroxyl groups is 1. The van der Waals surface area contributed by atoms with Crippen LogP contribution < -0.4 is 5.32 Å². The summed E-state index contributed by atoms with van der Waals surface area (Å²) in [6.07, 6.45) is 1.72. The van der Waals surface area contributed by atoms with Gasteiger partial charge in [-0.2, -0.15) is 10.2 Å². The number of aliphatic hydroxyl groups excluding tert-OH is 1. The molecule has 0 unspecified atom stereocenters. The molecule has 0 amide bonds. The van der Waals surface area contributed by atoms with E-state index in [-0.39, 0.29) is 6.61 Å². The second-order valence-electron chi connectivity index (χ2n) is 4.66. The molecule has 0 fully saturated rings. The fraction of sp³-hybridized carbons (Fsp3) is 0.200. The fourth-order valence-corrected chi connectivity index (χ4v) is 2.14. The summed E-state index contributed by atoms with van der Waals surface area (Å²) in [6.45, 7) is 1.14. The van der Waals surface area contributed by atoms with Crippen molar-refractivity contribution in [3.05, 3.63) is 54.4 Å². The maximum absolute atomic E-state index is 9.17. The standard InChI is InChI=1S/C15H17N5O/c21-9-8-20-15(16-11-13-6-7-17-18-13)10-14(19-20)12-4-2-1-3-5-12/h1-7,10,16,21H,8-9,11H2,(H,17,18). The van der Waals surface area contributed by atoms with Gasteiger partial charge in [-0.05, 0) is 6.07 Å². The first-order valence-corrected chi connectivity index (χ1v) is 6.83. The van der Waals surface area contributed by atoms with E-state index < -0.39 is 0 Å². The number of aromatic amines is 1. The maximum atomic E-state index is 9.17. The smallest absolute Gasteiger partial charge is 0.125 e. The largest absolute Gasteiger partial charge is 0.394 e. The Balaban J connectivity index is 1.82. The van der Waals surface area contributed by atoms with Gasteiger partial charge in [0, 0.05) is 17.8 Å².